The molecule has 0 radical (unpaired) electrons. The van der Waals surface area contributed by atoms with Gasteiger partial charge in [0, 0.05) is 10.2 Å². The van der Waals surface area contributed by atoms with Gasteiger partial charge in [0.25, 0.3) is 5.91 Å². The molecule has 22 heavy (non-hydrogen) atoms. The summed E-state index contributed by atoms with van der Waals surface area (Å²) < 4.78 is 0.970. The summed E-state index contributed by atoms with van der Waals surface area (Å²) in [5, 5.41) is 7.12. The molecular formula is C17H18BrN3O. The molecule has 0 aliphatic carbocycles. The van der Waals surface area contributed by atoms with E-state index in [1.54, 1.807) is 13.1 Å². The fraction of sp³-hybridized carbons (Fsp3) is 0.176. The van der Waals surface area contributed by atoms with Crippen LogP contribution in [-0.4, -0.2) is 18.2 Å². The largest absolute Gasteiger partial charge is 0.374 e. The third-order valence-corrected chi connectivity index (χ3v) is 3.52. The van der Waals surface area contributed by atoms with Crippen LogP contribution in [0.15, 0.2) is 58.1 Å². The Morgan fingerprint density at radius 3 is 2.73 bits per heavy atom. The maximum Gasteiger partial charge on any atom is 0.262 e. The van der Waals surface area contributed by atoms with Crippen molar-refractivity contribution in [3.05, 3.63) is 64.1 Å². The highest BCUT2D eigenvalue weighted by Gasteiger charge is 2.11. The lowest BCUT2D eigenvalue weighted by Crippen LogP contribution is -2.34. The minimum absolute atomic E-state index is 0.187. The number of rotatable bonds is 5. The summed E-state index contributed by atoms with van der Waals surface area (Å²) in [4.78, 5) is 12.0. The second-order valence-electron chi connectivity index (χ2n) is 5.02. The van der Waals surface area contributed by atoms with Gasteiger partial charge in [-0.2, -0.15) is 5.10 Å². The smallest absolute Gasteiger partial charge is 0.262 e. The fourth-order valence-electron chi connectivity index (χ4n) is 1.90. The van der Waals surface area contributed by atoms with Crippen LogP contribution in [0.5, 0.6) is 0 Å². The molecule has 2 N–H and O–H groups in total. The maximum absolute atomic E-state index is 12.0. The molecule has 4 nitrogen and oxygen atoms in total. The monoisotopic (exact) mass is 359 g/mol. The number of amides is 1. The topological polar surface area (TPSA) is 53.5 Å². The van der Waals surface area contributed by atoms with Crippen LogP contribution in [-0.2, 0) is 4.79 Å². The Morgan fingerprint density at radius 1 is 1.23 bits per heavy atom. The molecule has 5 heteroatoms. The van der Waals surface area contributed by atoms with Crippen LogP contribution in [0.3, 0.4) is 0 Å². The summed E-state index contributed by atoms with van der Waals surface area (Å²) in [6, 6.07) is 15.2. The van der Waals surface area contributed by atoms with Crippen LogP contribution >= 0.6 is 15.9 Å². The molecule has 1 atom stereocenters. The fourth-order valence-corrected chi connectivity index (χ4v) is 2.32. The number of carbonyl (C=O) groups is 1. The molecule has 0 aliphatic heterocycles. The van der Waals surface area contributed by atoms with Crippen molar-refractivity contribution >= 4 is 33.7 Å². The van der Waals surface area contributed by atoms with Gasteiger partial charge in [-0.15, -0.1) is 0 Å². The van der Waals surface area contributed by atoms with Gasteiger partial charge in [-0.3, -0.25) is 4.79 Å². The second kappa shape index (κ2) is 7.75. The minimum Gasteiger partial charge on any atom is -0.374 e. The molecule has 0 spiro atoms. The molecule has 2 aromatic rings. The van der Waals surface area contributed by atoms with Crippen LogP contribution in [0.1, 0.15) is 18.1 Å². The Hall–Kier alpha value is -2.14. The average molecular weight is 360 g/mol. The number of hydrogen-bond acceptors (Lipinski definition) is 3. The average Bonchev–Trinajstić information content (AvgIpc) is 2.47. The number of hydrazone groups is 1. The first-order valence-electron chi connectivity index (χ1n) is 6.96. The zero-order valence-electron chi connectivity index (χ0n) is 12.5. The number of nitrogens with one attached hydrogen (secondary N) is 2. The van der Waals surface area contributed by atoms with Gasteiger partial charge in [-0.25, -0.2) is 5.43 Å². The molecule has 0 bridgehead atoms. The summed E-state index contributed by atoms with van der Waals surface area (Å²) >= 11 is 3.39. The maximum atomic E-state index is 12.0. The normalized spacial score (nSPS) is 12.1. The van der Waals surface area contributed by atoms with Crippen molar-refractivity contribution in [2.24, 2.45) is 5.10 Å². The standard InChI is InChI=1S/C17H18BrN3O/c1-12-5-3-8-16(9-12)20-13(2)17(22)21-19-11-14-6-4-7-15(18)10-14/h3-11,13,20H,1-2H3,(H,21,22)/b19-11-/t13-/m0/s1. The molecule has 114 valence electrons. The first kappa shape index (κ1) is 16.2. The number of nitrogens with zero attached hydrogens (tertiary/aromatic N) is 1. The van der Waals surface area contributed by atoms with E-state index in [0.29, 0.717) is 0 Å². The van der Waals surface area contributed by atoms with Crippen molar-refractivity contribution in [2.45, 2.75) is 19.9 Å². The number of benzene rings is 2. The van der Waals surface area contributed by atoms with Crippen LogP contribution < -0.4 is 10.7 Å². The SMILES string of the molecule is Cc1cccc(N[C@@H](C)C(=O)N/N=C\c2cccc(Br)c2)c1. The summed E-state index contributed by atoms with van der Waals surface area (Å²) in [6.07, 6.45) is 1.61. The highest BCUT2D eigenvalue weighted by molar-refractivity contribution is 9.10. The van der Waals surface area contributed by atoms with Gasteiger partial charge in [0.15, 0.2) is 0 Å². The van der Waals surface area contributed by atoms with Crippen molar-refractivity contribution < 1.29 is 4.79 Å². The number of anilines is 1. The molecule has 2 aromatic carbocycles. The third-order valence-electron chi connectivity index (χ3n) is 3.03. The van der Waals surface area contributed by atoms with Gasteiger partial charge in [-0.1, -0.05) is 40.2 Å². The molecule has 0 saturated heterocycles. The predicted octanol–water partition coefficient (Wildman–Crippen LogP) is 3.71. The molecule has 0 fully saturated rings. The first-order chi connectivity index (χ1) is 10.5. The quantitative estimate of drug-likeness (QED) is 0.631. The van der Waals surface area contributed by atoms with Crippen LogP contribution in [0.4, 0.5) is 5.69 Å². The molecule has 0 aromatic heterocycles. The second-order valence-corrected chi connectivity index (χ2v) is 5.94. The van der Waals surface area contributed by atoms with E-state index in [1.807, 2.05) is 55.5 Å². The van der Waals surface area contributed by atoms with Crippen molar-refractivity contribution in [3.8, 4) is 0 Å². The summed E-state index contributed by atoms with van der Waals surface area (Å²) in [6.45, 7) is 3.81. The first-order valence-corrected chi connectivity index (χ1v) is 7.75. The minimum atomic E-state index is -0.374. The Kier molecular flexibility index (Phi) is 5.72. The lowest BCUT2D eigenvalue weighted by Gasteiger charge is -2.13. The predicted molar refractivity (Wildman–Crippen MR) is 94.1 cm³/mol. The highest BCUT2D eigenvalue weighted by atomic mass is 79.9. The van der Waals surface area contributed by atoms with Gasteiger partial charge >= 0.3 is 0 Å². The molecule has 0 saturated carbocycles. The van der Waals surface area contributed by atoms with Crippen molar-refractivity contribution in [3.63, 3.8) is 0 Å². The summed E-state index contributed by atoms with van der Waals surface area (Å²) in [5.41, 5.74) is 5.51. The zero-order chi connectivity index (χ0) is 15.9. The van der Waals surface area contributed by atoms with Gasteiger partial charge in [0.05, 0.1) is 6.21 Å². The van der Waals surface area contributed by atoms with Crippen molar-refractivity contribution in [2.75, 3.05) is 5.32 Å². The van der Waals surface area contributed by atoms with E-state index in [1.165, 1.54) is 0 Å². The number of aryl methyl sites for hydroxylation is 1. The number of carbonyl (C=O) groups excluding carboxylic acids is 1. The number of halogens is 1. The lowest BCUT2D eigenvalue weighted by atomic mass is 10.2. The van der Waals surface area contributed by atoms with Gasteiger partial charge in [0.2, 0.25) is 0 Å². The van der Waals surface area contributed by atoms with Gasteiger partial charge < -0.3 is 5.32 Å². The molecule has 0 heterocycles. The molecule has 2 rings (SSSR count). The lowest BCUT2D eigenvalue weighted by molar-refractivity contribution is -0.121. The summed E-state index contributed by atoms with van der Waals surface area (Å²) in [7, 11) is 0. The Labute approximate surface area is 138 Å². The van der Waals surface area contributed by atoms with E-state index < -0.39 is 0 Å². The van der Waals surface area contributed by atoms with E-state index in [0.717, 1.165) is 21.3 Å². The third kappa shape index (κ3) is 5.00. The highest BCUT2D eigenvalue weighted by Crippen LogP contribution is 2.11. The van der Waals surface area contributed by atoms with Crippen molar-refractivity contribution in [1.82, 2.24) is 5.43 Å². The van der Waals surface area contributed by atoms with Crippen LogP contribution in [0, 0.1) is 6.92 Å². The summed E-state index contributed by atoms with van der Waals surface area (Å²) in [5.74, 6) is -0.187. The van der Waals surface area contributed by atoms with E-state index in [-0.39, 0.29) is 11.9 Å². The molecular weight excluding hydrogens is 342 g/mol. The van der Waals surface area contributed by atoms with Gasteiger partial charge in [0.1, 0.15) is 6.04 Å². The van der Waals surface area contributed by atoms with Crippen molar-refractivity contribution in [1.29, 1.82) is 0 Å². The zero-order valence-corrected chi connectivity index (χ0v) is 14.1. The molecule has 1 amide bonds. The van der Waals surface area contributed by atoms with Gasteiger partial charge in [-0.05, 0) is 49.2 Å². The molecule has 0 aliphatic rings. The van der Waals surface area contributed by atoms with E-state index in [2.05, 4.69) is 31.8 Å². The molecule has 0 unspecified atom stereocenters. The van der Waals surface area contributed by atoms with E-state index >= 15 is 0 Å². The Bertz CT molecular complexity index is 685. The number of hydrogen-bond donors (Lipinski definition) is 2. The Morgan fingerprint density at radius 2 is 2.00 bits per heavy atom. The van der Waals surface area contributed by atoms with Crippen LogP contribution in [0.2, 0.25) is 0 Å². The van der Waals surface area contributed by atoms with E-state index in [4.69, 9.17) is 0 Å². The van der Waals surface area contributed by atoms with Crippen LogP contribution in [0.25, 0.3) is 0 Å². The van der Waals surface area contributed by atoms with E-state index in [9.17, 15) is 4.79 Å². The Balaban J connectivity index is 1.89.